The van der Waals surface area contributed by atoms with Gasteiger partial charge in [0, 0.05) is 16.8 Å². The van der Waals surface area contributed by atoms with Crippen LogP contribution in [0, 0.1) is 6.92 Å². The van der Waals surface area contributed by atoms with Crippen LogP contribution < -0.4 is 5.32 Å². The second kappa shape index (κ2) is 10.4. The number of aryl methyl sites for hydroxylation is 1. The van der Waals surface area contributed by atoms with Gasteiger partial charge in [0.1, 0.15) is 12.6 Å². The molecule has 32 heavy (non-hydrogen) atoms. The average Bonchev–Trinajstić information content (AvgIpc) is 3.45. The number of likely N-dealkylation sites (tertiary alicyclic amines) is 1. The number of amides is 2. The van der Waals surface area contributed by atoms with Crippen molar-refractivity contribution in [3.05, 3.63) is 70.2 Å². The van der Waals surface area contributed by atoms with Crippen LogP contribution in [-0.4, -0.2) is 46.4 Å². The molecular weight excluding hydrogens is 446 g/mol. The van der Waals surface area contributed by atoms with Gasteiger partial charge in [-0.25, -0.2) is 4.79 Å². The van der Waals surface area contributed by atoms with Crippen LogP contribution in [0.3, 0.4) is 0 Å². The Morgan fingerprint density at radius 2 is 2.03 bits per heavy atom. The van der Waals surface area contributed by atoms with E-state index in [1.54, 1.807) is 11.8 Å². The Morgan fingerprint density at radius 3 is 2.81 bits per heavy atom. The Morgan fingerprint density at radius 1 is 1.22 bits per heavy atom. The zero-order chi connectivity index (χ0) is 22.5. The van der Waals surface area contributed by atoms with Crippen molar-refractivity contribution in [3.63, 3.8) is 0 Å². The number of aliphatic imine (C=N–C) groups is 1. The van der Waals surface area contributed by atoms with E-state index in [1.807, 2.05) is 49.4 Å². The molecule has 2 atom stereocenters. The van der Waals surface area contributed by atoms with E-state index in [4.69, 9.17) is 16.3 Å². The highest BCUT2D eigenvalue weighted by Gasteiger charge is 2.36. The number of hydrogen-bond acceptors (Lipinski definition) is 5. The molecule has 2 aromatic carbocycles. The first-order chi connectivity index (χ1) is 15.5. The minimum atomic E-state index is -0.531. The van der Waals surface area contributed by atoms with Crippen LogP contribution in [0.2, 0.25) is 5.02 Å². The van der Waals surface area contributed by atoms with Crippen LogP contribution in [0.1, 0.15) is 29.5 Å². The molecule has 2 aliphatic rings. The number of halogens is 1. The first kappa shape index (κ1) is 22.7. The third kappa shape index (κ3) is 5.64. The van der Waals surface area contributed by atoms with E-state index in [2.05, 4.69) is 16.4 Å². The van der Waals surface area contributed by atoms with E-state index in [1.165, 1.54) is 4.90 Å². The number of hydrogen-bond donors (Lipinski definition) is 1. The van der Waals surface area contributed by atoms with Crippen molar-refractivity contribution in [1.29, 1.82) is 0 Å². The molecule has 0 radical (unpaired) electrons. The van der Waals surface area contributed by atoms with Gasteiger partial charge >= 0.3 is 6.09 Å². The molecule has 6 nitrogen and oxygen atoms in total. The summed E-state index contributed by atoms with van der Waals surface area (Å²) in [5.41, 5.74) is 3.13. The number of thioether (sulfide) groups is 1. The summed E-state index contributed by atoms with van der Waals surface area (Å²) in [7, 11) is 0. The highest BCUT2D eigenvalue weighted by molar-refractivity contribution is 8.14. The number of benzene rings is 2. The Bertz CT molecular complexity index is 1010. The fourth-order valence-electron chi connectivity index (χ4n) is 3.87. The molecule has 1 fully saturated rings. The second-order valence-electron chi connectivity index (χ2n) is 8.05. The Kier molecular flexibility index (Phi) is 7.37. The lowest BCUT2D eigenvalue weighted by Gasteiger charge is -2.23. The quantitative estimate of drug-likeness (QED) is 0.692. The maximum atomic E-state index is 12.9. The fraction of sp³-hybridized carbons (Fsp3) is 0.375. The molecule has 2 aliphatic heterocycles. The standard InChI is InChI=1S/C24H26ClN3O3S/c1-16-9-10-18(13-20(16)25)12-19-14-26-23(32-19)27-22(29)21-8-5-11-28(21)24(30)31-15-17-6-3-2-4-7-17/h2-4,6-7,9-10,13,19,21H,5,8,11-12,14-15H2,1H3,(H,26,27,29)/t19?,21-/m0/s1. The van der Waals surface area contributed by atoms with Gasteiger partial charge in [-0.3, -0.25) is 14.7 Å². The van der Waals surface area contributed by atoms with Gasteiger partial charge in [0.05, 0.1) is 6.54 Å². The predicted octanol–water partition coefficient (Wildman–Crippen LogP) is 4.58. The molecular formula is C24H26ClN3O3S. The molecule has 0 saturated carbocycles. The lowest BCUT2D eigenvalue weighted by molar-refractivity contribution is -0.123. The van der Waals surface area contributed by atoms with Crippen LogP contribution in [0.15, 0.2) is 53.5 Å². The number of carbonyl (C=O) groups excluding carboxylic acids is 2. The topological polar surface area (TPSA) is 71.0 Å². The second-order valence-corrected chi connectivity index (χ2v) is 9.75. The summed E-state index contributed by atoms with van der Waals surface area (Å²) in [6.45, 7) is 3.33. The monoisotopic (exact) mass is 471 g/mol. The molecule has 2 aromatic rings. The molecule has 4 rings (SSSR count). The minimum Gasteiger partial charge on any atom is -0.445 e. The van der Waals surface area contributed by atoms with Gasteiger partial charge < -0.3 is 10.1 Å². The van der Waals surface area contributed by atoms with E-state index < -0.39 is 12.1 Å². The molecule has 1 saturated heterocycles. The fourth-order valence-corrected chi connectivity index (χ4v) is 5.12. The molecule has 2 amide bonds. The van der Waals surface area contributed by atoms with Crippen molar-refractivity contribution in [2.75, 3.05) is 13.1 Å². The van der Waals surface area contributed by atoms with E-state index >= 15 is 0 Å². The van der Waals surface area contributed by atoms with Crippen molar-refractivity contribution in [2.45, 2.75) is 44.1 Å². The zero-order valence-electron chi connectivity index (χ0n) is 17.9. The summed E-state index contributed by atoms with van der Waals surface area (Å²) >= 11 is 7.79. The number of nitrogens with zero attached hydrogens (tertiary/aromatic N) is 2. The normalized spacial score (nSPS) is 20.2. The van der Waals surface area contributed by atoms with Gasteiger partial charge in [-0.1, -0.05) is 65.8 Å². The highest BCUT2D eigenvalue weighted by Crippen LogP contribution is 2.26. The van der Waals surface area contributed by atoms with Crippen molar-refractivity contribution in [1.82, 2.24) is 10.2 Å². The van der Waals surface area contributed by atoms with Gasteiger partial charge in [0.15, 0.2) is 5.17 Å². The number of carbonyl (C=O) groups is 2. The van der Waals surface area contributed by atoms with Gasteiger partial charge in [-0.05, 0) is 48.9 Å². The molecule has 0 bridgehead atoms. The van der Waals surface area contributed by atoms with Crippen LogP contribution in [0.4, 0.5) is 4.79 Å². The third-order valence-electron chi connectivity index (χ3n) is 5.64. The third-order valence-corrected chi connectivity index (χ3v) is 7.15. The summed E-state index contributed by atoms with van der Waals surface area (Å²) < 4.78 is 5.42. The van der Waals surface area contributed by atoms with Crippen LogP contribution in [0.5, 0.6) is 0 Å². The zero-order valence-corrected chi connectivity index (χ0v) is 19.5. The Balaban J connectivity index is 1.27. The highest BCUT2D eigenvalue weighted by atomic mass is 35.5. The SMILES string of the molecule is Cc1ccc(CC2CN=C(NC(=O)[C@@H]3CCCN3C(=O)OCc3ccccc3)S2)cc1Cl. The molecule has 0 spiro atoms. The van der Waals surface area contributed by atoms with Gasteiger partial charge in [-0.15, -0.1) is 0 Å². The molecule has 0 aliphatic carbocycles. The maximum Gasteiger partial charge on any atom is 0.410 e. The van der Waals surface area contributed by atoms with Crippen molar-refractivity contribution < 1.29 is 14.3 Å². The van der Waals surface area contributed by atoms with E-state index in [0.717, 1.165) is 34.6 Å². The van der Waals surface area contributed by atoms with E-state index in [-0.39, 0.29) is 17.8 Å². The number of rotatable bonds is 5. The van der Waals surface area contributed by atoms with Crippen molar-refractivity contribution >= 4 is 40.5 Å². The van der Waals surface area contributed by atoms with Gasteiger partial charge in [-0.2, -0.15) is 0 Å². The smallest absolute Gasteiger partial charge is 0.410 e. The molecule has 0 aromatic heterocycles. The van der Waals surface area contributed by atoms with Crippen LogP contribution in [0.25, 0.3) is 0 Å². The van der Waals surface area contributed by atoms with E-state index in [9.17, 15) is 9.59 Å². The van der Waals surface area contributed by atoms with Crippen LogP contribution in [-0.2, 0) is 22.6 Å². The Labute approximate surface area is 197 Å². The molecule has 1 N–H and O–H groups in total. The molecule has 1 unspecified atom stereocenters. The number of ether oxygens (including phenoxy) is 1. The number of amidine groups is 1. The molecule has 2 heterocycles. The van der Waals surface area contributed by atoms with Gasteiger partial charge in [0.25, 0.3) is 0 Å². The van der Waals surface area contributed by atoms with Crippen molar-refractivity contribution in [2.24, 2.45) is 4.99 Å². The lowest BCUT2D eigenvalue weighted by Crippen LogP contribution is -2.47. The largest absolute Gasteiger partial charge is 0.445 e. The first-order valence-corrected chi connectivity index (χ1v) is 12.0. The summed E-state index contributed by atoms with van der Waals surface area (Å²) in [6.07, 6.45) is 1.76. The summed E-state index contributed by atoms with van der Waals surface area (Å²) in [5.74, 6) is -0.204. The summed E-state index contributed by atoms with van der Waals surface area (Å²) in [5, 5.41) is 4.54. The summed E-state index contributed by atoms with van der Waals surface area (Å²) in [4.78, 5) is 31.4. The lowest BCUT2D eigenvalue weighted by atomic mass is 10.1. The van der Waals surface area contributed by atoms with Crippen molar-refractivity contribution in [3.8, 4) is 0 Å². The summed E-state index contributed by atoms with van der Waals surface area (Å²) in [6, 6.07) is 15.1. The average molecular weight is 472 g/mol. The molecule has 168 valence electrons. The molecule has 8 heteroatoms. The minimum absolute atomic E-state index is 0.192. The first-order valence-electron chi connectivity index (χ1n) is 10.7. The number of nitrogens with one attached hydrogen (secondary N) is 1. The Hall–Kier alpha value is -2.51. The van der Waals surface area contributed by atoms with Crippen LogP contribution >= 0.6 is 23.4 Å². The predicted molar refractivity (Wildman–Crippen MR) is 128 cm³/mol. The maximum absolute atomic E-state index is 12.9. The van der Waals surface area contributed by atoms with E-state index in [0.29, 0.717) is 24.7 Å². The van der Waals surface area contributed by atoms with Gasteiger partial charge in [0.2, 0.25) is 5.91 Å².